The van der Waals surface area contributed by atoms with Gasteiger partial charge in [0, 0.05) is 25.1 Å². The Kier molecular flexibility index (Phi) is 6.21. The van der Waals surface area contributed by atoms with Gasteiger partial charge < -0.3 is 15.4 Å². The quantitative estimate of drug-likeness (QED) is 0.614. The minimum atomic E-state index is -0.481. The number of benzene rings is 2. The highest BCUT2D eigenvalue weighted by molar-refractivity contribution is 5.68. The van der Waals surface area contributed by atoms with E-state index in [1.165, 1.54) is 0 Å². The van der Waals surface area contributed by atoms with Crippen LogP contribution in [0.15, 0.2) is 66.7 Å². The summed E-state index contributed by atoms with van der Waals surface area (Å²) in [4.78, 5) is 14.2. The summed E-state index contributed by atoms with van der Waals surface area (Å²) >= 11 is 0. The van der Waals surface area contributed by atoms with E-state index in [0.717, 1.165) is 29.7 Å². The van der Waals surface area contributed by atoms with Crippen molar-refractivity contribution in [3.8, 4) is 0 Å². The molecule has 2 heterocycles. The van der Waals surface area contributed by atoms with Crippen molar-refractivity contribution in [3.63, 3.8) is 0 Å². The number of anilines is 1. The van der Waals surface area contributed by atoms with Gasteiger partial charge in [-0.3, -0.25) is 0 Å². The zero-order valence-corrected chi connectivity index (χ0v) is 19.1. The van der Waals surface area contributed by atoms with E-state index < -0.39 is 5.60 Å². The number of nitrogen functional groups attached to an aromatic ring is 1. The Balaban J connectivity index is 1.54. The molecule has 6 nitrogen and oxygen atoms in total. The monoisotopic (exact) mass is 432 g/mol. The van der Waals surface area contributed by atoms with Gasteiger partial charge in [0.05, 0.1) is 5.69 Å². The van der Waals surface area contributed by atoms with Gasteiger partial charge in [-0.05, 0) is 44.7 Å². The summed E-state index contributed by atoms with van der Waals surface area (Å²) < 4.78 is 7.45. The molecule has 1 aromatic heterocycles. The minimum Gasteiger partial charge on any atom is -0.444 e. The maximum Gasteiger partial charge on any atom is 0.410 e. The number of carbonyl (C=O) groups excluding carboxylic acids is 1. The first-order chi connectivity index (χ1) is 15.3. The predicted octanol–water partition coefficient (Wildman–Crippen LogP) is 5.22. The van der Waals surface area contributed by atoms with Crippen molar-refractivity contribution < 1.29 is 9.53 Å². The molecule has 1 aliphatic heterocycles. The van der Waals surface area contributed by atoms with E-state index in [1.54, 1.807) is 4.90 Å². The summed E-state index contributed by atoms with van der Waals surface area (Å²) in [6.45, 7) is 7.00. The van der Waals surface area contributed by atoms with Crippen molar-refractivity contribution in [1.29, 1.82) is 0 Å². The fourth-order valence-electron chi connectivity index (χ4n) is 4.26. The third kappa shape index (κ3) is 4.96. The topological polar surface area (TPSA) is 73.4 Å². The van der Waals surface area contributed by atoms with Crippen LogP contribution in [0.3, 0.4) is 0 Å². The second kappa shape index (κ2) is 9.07. The Morgan fingerprint density at radius 3 is 2.03 bits per heavy atom. The van der Waals surface area contributed by atoms with Crippen molar-refractivity contribution in [2.24, 2.45) is 0 Å². The van der Waals surface area contributed by atoms with Crippen LogP contribution in [0.4, 0.5) is 10.6 Å². The van der Waals surface area contributed by atoms with Crippen LogP contribution in [0.2, 0.25) is 0 Å². The van der Waals surface area contributed by atoms with Crippen molar-refractivity contribution in [2.45, 2.75) is 51.2 Å². The number of rotatable bonds is 4. The summed E-state index contributed by atoms with van der Waals surface area (Å²) in [5.74, 6) is 0.914. The average Bonchev–Trinajstić information content (AvgIpc) is 3.16. The van der Waals surface area contributed by atoms with Gasteiger partial charge in [0.2, 0.25) is 0 Å². The number of ether oxygens (including phenoxy) is 1. The molecule has 32 heavy (non-hydrogen) atoms. The van der Waals surface area contributed by atoms with Gasteiger partial charge in [0.1, 0.15) is 17.5 Å². The minimum absolute atomic E-state index is 0.0898. The normalized spacial score (nSPS) is 15.2. The fraction of sp³-hybridized carbons (Fsp3) is 0.385. The van der Waals surface area contributed by atoms with E-state index in [-0.39, 0.29) is 18.1 Å². The van der Waals surface area contributed by atoms with Crippen LogP contribution < -0.4 is 5.73 Å². The SMILES string of the molecule is CC(C)(C)OC(=O)N1CCC(c2cc(N)n(C(c3ccccc3)c3ccccc3)n2)CC1. The van der Waals surface area contributed by atoms with E-state index in [4.69, 9.17) is 15.6 Å². The van der Waals surface area contributed by atoms with E-state index >= 15 is 0 Å². The summed E-state index contributed by atoms with van der Waals surface area (Å²) in [5.41, 5.74) is 9.27. The molecule has 0 aliphatic carbocycles. The summed E-state index contributed by atoms with van der Waals surface area (Å²) in [6.07, 6.45) is 1.45. The number of nitrogens with two attached hydrogens (primary N) is 1. The van der Waals surface area contributed by atoms with Gasteiger partial charge in [-0.15, -0.1) is 0 Å². The van der Waals surface area contributed by atoms with Gasteiger partial charge in [0.15, 0.2) is 0 Å². The lowest BCUT2D eigenvalue weighted by atomic mass is 9.94. The number of hydrogen-bond acceptors (Lipinski definition) is 4. The average molecular weight is 433 g/mol. The highest BCUT2D eigenvalue weighted by atomic mass is 16.6. The number of amides is 1. The van der Waals surface area contributed by atoms with Crippen LogP contribution in [-0.2, 0) is 4.74 Å². The number of aromatic nitrogens is 2. The molecule has 1 fully saturated rings. The molecule has 1 saturated heterocycles. The molecule has 0 radical (unpaired) electrons. The number of carbonyl (C=O) groups is 1. The van der Waals surface area contributed by atoms with Crippen LogP contribution in [-0.4, -0.2) is 39.5 Å². The molecule has 6 heteroatoms. The Labute approximate surface area is 190 Å². The summed E-state index contributed by atoms with van der Waals surface area (Å²) in [7, 11) is 0. The summed E-state index contributed by atoms with van der Waals surface area (Å²) in [6, 6.07) is 22.5. The van der Waals surface area contributed by atoms with Gasteiger partial charge in [-0.1, -0.05) is 60.7 Å². The molecule has 0 saturated carbocycles. The molecular formula is C26H32N4O2. The smallest absolute Gasteiger partial charge is 0.410 e. The largest absolute Gasteiger partial charge is 0.444 e. The van der Waals surface area contributed by atoms with Crippen LogP contribution in [0, 0.1) is 0 Å². The molecule has 0 atom stereocenters. The van der Waals surface area contributed by atoms with Gasteiger partial charge >= 0.3 is 6.09 Å². The first kappa shape index (κ1) is 21.9. The van der Waals surface area contributed by atoms with E-state index in [2.05, 4.69) is 24.3 Å². The molecule has 168 valence electrons. The van der Waals surface area contributed by atoms with Crippen LogP contribution in [0.25, 0.3) is 0 Å². The van der Waals surface area contributed by atoms with Crippen molar-refractivity contribution >= 4 is 11.9 Å². The van der Waals surface area contributed by atoms with E-state index in [0.29, 0.717) is 18.9 Å². The highest BCUT2D eigenvalue weighted by Gasteiger charge is 2.30. The Morgan fingerprint density at radius 1 is 1.00 bits per heavy atom. The second-order valence-corrected chi connectivity index (χ2v) is 9.40. The predicted molar refractivity (Wildman–Crippen MR) is 127 cm³/mol. The van der Waals surface area contributed by atoms with Crippen LogP contribution in [0.5, 0.6) is 0 Å². The standard InChI is InChI=1S/C26H32N4O2/c1-26(2,3)32-25(31)29-16-14-19(15-17-29)22-18-23(27)30(28-22)24(20-10-6-4-7-11-20)21-12-8-5-9-13-21/h4-13,18-19,24H,14-17,27H2,1-3H3. The van der Waals surface area contributed by atoms with Crippen LogP contribution >= 0.6 is 0 Å². The van der Waals surface area contributed by atoms with Crippen molar-refractivity contribution in [1.82, 2.24) is 14.7 Å². The van der Waals surface area contributed by atoms with Crippen molar-refractivity contribution in [3.05, 3.63) is 83.6 Å². The molecule has 0 spiro atoms. The molecule has 0 unspecified atom stereocenters. The number of likely N-dealkylation sites (tertiary alicyclic amines) is 1. The van der Waals surface area contributed by atoms with Crippen LogP contribution in [0.1, 0.15) is 62.4 Å². The maximum absolute atomic E-state index is 12.4. The lowest BCUT2D eigenvalue weighted by Crippen LogP contribution is -2.41. The molecule has 1 amide bonds. The third-order valence-electron chi connectivity index (χ3n) is 5.82. The van der Waals surface area contributed by atoms with Gasteiger partial charge in [-0.2, -0.15) is 5.10 Å². The van der Waals surface area contributed by atoms with Crippen molar-refractivity contribution in [2.75, 3.05) is 18.8 Å². The maximum atomic E-state index is 12.4. The summed E-state index contributed by atoms with van der Waals surface area (Å²) in [5, 5.41) is 4.97. The third-order valence-corrected chi connectivity index (χ3v) is 5.82. The van der Waals surface area contributed by atoms with Gasteiger partial charge in [-0.25, -0.2) is 9.48 Å². The zero-order chi connectivity index (χ0) is 22.7. The Bertz CT molecular complexity index is 993. The Hall–Kier alpha value is -3.28. The van der Waals surface area contributed by atoms with E-state index in [9.17, 15) is 4.79 Å². The number of hydrogen-bond donors (Lipinski definition) is 1. The zero-order valence-electron chi connectivity index (χ0n) is 19.1. The molecule has 1 aliphatic rings. The molecule has 2 N–H and O–H groups in total. The lowest BCUT2D eigenvalue weighted by molar-refractivity contribution is 0.0204. The molecule has 0 bridgehead atoms. The molecule has 2 aromatic carbocycles. The second-order valence-electron chi connectivity index (χ2n) is 9.40. The van der Waals surface area contributed by atoms with Gasteiger partial charge in [0.25, 0.3) is 0 Å². The first-order valence-electron chi connectivity index (χ1n) is 11.2. The first-order valence-corrected chi connectivity index (χ1v) is 11.2. The molecule has 4 rings (SSSR count). The molecule has 3 aromatic rings. The fourth-order valence-corrected chi connectivity index (χ4v) is 4.26. The number of piperidine rings is 1. The highest BCUT2D eigenvalue weighted by Crippen LogP contribution is 2.33. The number of nitrogens with zero attached hydrogens (tertiary/aromatic N) is 3. The molecular weight excluding hydrogens is 400 g/mol. The lowest BCUT2D eigenvalue weighted by Gasteiger charge is -2.32. The Morgan fingerprint density at radius 2 is 1.53 bits per heavy atom. The van der Waals surface area contributed by atoms with E-state index in [1.807, 2.05) is 67.9 Å².